The van der Waals surface area contributed by atoms with Gasteiger partial charge in [0.05, 0.1) is 5.69 Å². The van der Waals surface area contributed by atoms with E-state index in [9.17, 15) is 9.65 Å². The molecule has 1 fully saturated rings. The van der Waals surface area contributed by atoms with Crippen LogP contribution >= 0.6 is 0 Å². The first-order valence-corrected chi connectivity index (χ1v) is 6.71. The van der Waals surface area contributed by atoms with Gasteiger partial charge in [0, 0.05) is 26.2 Å². The lowest BCUT2D eigenvalue weighted by Crippen LogP contribution is -2.44. The van der Waals surface area contributed by atoms with Gasteiger partial charge >= 0.3 is 0 Å². The molecule has 0 bridgehead atoms. The van der Waals surface area contributed by atoms with E-state index in [0.29, 0.717) is 17.1 Å². The van der Waals surface area contributed by atoms with Crippen molar-refractivity contribution in [3.05, 3.63) is 35.6 Å². The van der Waals surface area contributed by atoms with Gasteiger partial charge in [-0.05, 0) is 24.3 Å². The third-order valence-corrected chi connectivity index (χ3v) is 3.50. The number of nitrogen functional groups attached to an aromatic ring is 1. The molecule has 3 N–H and O–H groups in total. The Morgan fingerprint density at radius 2 is 1.90 bits per heavy atom. The van der Waals surface area contributed by atoms with Crippen molar-refractivity contribution < 1.29 is 4.39 Å². The fraction of sp³-hybridized carbons (Fsp3) is 0.286. The summed E-state index contributed by atoms with van der Waals surface area (Å²) >= 11 is 0. The van der Waals surface area contributed by atoms with Crippen LogP contribution in [0.1, 0.15) is 5.56 Å². The number of nitrogens with zero attached hydrogens (tertiary/aromatic N) is 4. The van der Waals surface area contributed by atoms with Crippen LogP contribution in [0.2, 0.25) is 0 Å². The number of benzene rings is 1. The van der Waals surface area contributed by atoms with Gasteiger partial charge in [0.25, 0.3) is 0 Å². The van der Waals surface area contributed by atoms with Crippen molar-refractivity contribution in [1.29, 1.82) is 5.26 Å². The Balaban J connectivity index is 2.04. The Labute approximate surface area is 121 Å². The number of hydrogen-bond donors (Lipinski definition) is 2. The Morgan fingerprint density at radius 1 is 1.24 bits per heavy atom. The Hall–Kier alpha value is -2.59. The highest BCUT2D eigenvalue weighted by molar-refractivity contribution is 5.67. The highest BCUT2D eigenvalue weighted by Gasteiger charge is 2.22. The molecule has 0 radical (unpaired) electrons. The molecule has 2 aromatic rings. The first-order valence-electron chi connectivity index (χ1n) is 6.71. The molecule has 6 nitrogen and oxygen atoms in total. The number of halogens is 1. The van der Waals surface area contributed by atoms with Crippen molar-refractivity contribution in [1.82, 2.24) is 15.1 Å². The van der Waals surface area contributed by atoms with Crippen LogP contribution in [-0.2, 0) is 0 Å². The molecule has 3 rings (SSSR count). The standard InChI is InChI=1S/C14H15FN6/c15-10-1-3-11(4-2-10)21-13(17)12(9-16)14(19-21)20-7-5-18-6-8-20/h1-4,18H,5-8,17H2. The normalized spacial score (nSPS) is 15.0. The van der Waals surface area contributed by atoms with Crippen molar-refractivity contribution in [3.8, 4) is 11.8 Å². The lowest BCUT2D eigenvalue weighted by atomic mass is 10.2. The SMILES string of the molecule is N#Cc1c(N2CCNCC2)nn(-c2ccc(F)cc2)c1N. The van der Waals surface area contributed by atoms with Gasteiger partial charge in [-0.2, -0.15) is 5.26 Å². The van der Waals surface area contributed by atoms with E-state index in [1.165, 1.54) is 16.8 Å². The van der Waals surface area contributed by atoms with E-state index in [0.717, 1.165) is 26.2 Å². The minimum absolute atomic E-state index is 0.276. The van der Waals surface area contributed by atoms with Crippen LogP contribution in [0, 0.1) is 17.1 Å². The fourth-order valence-corrected chi connectivity index (χ4v) is 2.40. The summed E-state index contributed by atoms with van der Waals surface area (Å²) in [7, 11) is 0. The summed E-state index contributed by atoms with van der Waals surface area (Å²) in [5.74, 6) is 0.533. The Kier molecular flexibility index (Phi) is 3.46. The average Bonchev–Trinajstić information content (AvgIpc) is 2.86. The van der Waals surface area contributed by atoms with Crippen LogP contribution in [0.4, 0.5) is 16.0 Å². The molecule has 1 aromatic carbocycles. The molecule has 108 valence electrons. The van der Waals surface area contributed by atoms with Crippen LogP contribution < -0.4 is 16.0 Å². The molecule has 1 aromatic heterocycles. The maximum atomic E-state index is 13.0. The number of piperazine rings is 1. The number of hydrogen-bond acceptors (Lipinski definition) is 5. The third-order valence-electron chi connectivity index (χ3n) is 3.50. The summed E-state index contributed by atoms with van der Waals surface area (Å²) in [6.07, 6.45) is 0. The first-order chi connectivity index (χ1) is 10.2. The molecule has 0 saturated carbocycles. The van der Waals surface area contributed by atoms with Gasteiger partial charge in [-0.15, -0.1) is 5.10 Å². The van der Waals surface area contributed by atoms with Crippen LogP contribution in [0.5, 0.6) is 0 Å². The number of nitrogens with one attached hydrogen (secondary N) is 1. The van der Waals surface area contributed by atoms with Crippen LogP contribution in [0.25, 0.3) is 5.69 Å². The van der Waals surface area contributed by atoms with E-state index in [-0.39, 0.29) is 11.6 Å². The van der Waals surface area contributed by atoms with Crippen LogP contribution in [-0.4, -0.2) is 36.0 Å². The molecule has 0 unspecified atom stereocenters. The lowest BCUT2D eigenvalue weighted by molar-refractivity contribution is 0.582. The van der Waals surface area contributed by atoms with Gasteiger partial charge in [0.2, 0.25) is 0 Å². The molecule has 0 atom stereocenters. The highest BCUT2D eigenvalue weighted by atomic mass is 19.1. The zero-order chi connectivity index (χ0) is 14.8. The Bertz CT molecular complexity index is 679. The predicted molar refractivity (Wildman–Crippen MR) is 77.7 cm³/mol. The van der Waals surface area contributed by atoms with E-state index in [1.54, 1.807) is 12.1 Å². The summed E-state index contributed by atoms with van der Waals surface area (Å²) in [5, 5.41) is 17.0. The molecular weight excluding hydrogens is 271 g/mol. The quantitative estimate of drug-likeness (QED) is 0.856. The van der Waals surface area contributed by atoms with Crippen molar-refractivity contribution in [3.63, 3.8) is 0 Å². The van der Waals surface area contributed by atoms with Gasteiger partial charge in [0.1, 0.15) is 23.3 Å². The van der Waals surface area contributed by atoms with E-state index in [1.807, 2.05) is 4.90 Å². The number of nitriles is 1. The summed E-state index contributed by atoms with van der Waals surface area (Å²) in [4.78, 5) is 2.03. The molecule has 7 heteroatoms. The smallest absolute Gasteiger partial charge is 0.171 e. The molecule has 21 heavy (non-hydrogen) atoms. The third kappa shape index (κ3) is 2.41. The molecular formula is C14H15FN6. The average molecular weight is 286 g/mol. The van der Waals surface area contributed by atoms with Crippen molar-refractivity contribution in [2.24, 2.45) is 0 Å². The van der Waals surface area contributed by atoms with Crippen LogP contribution in [0.15, 0.2) is 24.3 Å². The van der Waals surface area contributed by atoms with Crippen molar-refractivity contribution >= 4 is 11.6 Å². The van der Waals surface area contributed by atoms with E-state index < -0.39 is 0 Å². The zero-order valence-corrected chi connectivity index (χ0v) is 11.4. The number of nitrogens with two attached hydrogens (primary N) is 1. The second-order valence-corrected chi connectivity index (χ2v) is 4.82. The summed E-state index contributed by atoms with van der Waals surface area (Å²) in [5.41, 5.74) is 7.03. The zero-order valence-electron chi connectivity index (χ0n) is 11.4. The van der Waals surface area contributed by atoms with Crippen molar-refractivity contribution in [2.45, 2.75) is 0 Å². The predicted octanol–water partition coefficient (Wildman–Crippen LogP) is 0.875. The molecule has 1 aliphatic rings. The molecule has 2 heterocycles. The second-order valence-electron chi connectivity index (χ2n) is 4.82. The Morgan fingerprint density at radius 3 is 2.52 bits per heavy atom. The number of rotatable bonds is 2. The lowest BCUT2D eigenvalue weighted by Gasteiger charge is -2.27. The maximum absolute atomic E-state index is 13.0. The second kappa shape index (κ2) is 5.42. The van der Waals surface area contributed by atoms with Gasteiger partial charge in [-0.3, -0.25) is 0 Å². The first kappa shape index (κ1) is 13.4. The minimum atomic E-state index is -0.327. The van der Waals surface area contributed by atoms with E-state index in [2.05, 4.69) is 16.5 Å². The monoisotopic (exact) mass is 286 g/mol. The molecule has 0 spiro atoms. The summed E-state index contributed by atoms with van der Waals surface area (Å²) < 4.78 is 14.5. The topological polar surface area (TPSA) is 82.9 Å². The maximum Gasteiger partial charge on any atom is 0.171 e. The molecule has 1 aliphatic heterocycles. The van der Waals surface area contributed by atoms with Gasteiger partial charge in [-0.25, -0.2) is 9.07 Å². The van der Waals surface area contributed by atoms with E-state index in [4.69, 9.17) is 5.73 Å². The van der Waals surface area contributed by atoms with Gasteiger partial charge < -0.3 is 16.0 Å². The largest absolute Gasteiger partial charge is 0.382 e. The summed E-state index contributed by atoms with van der Waals surface area (Å²) in [6, 6.07) is 7.97. The van der Waals surface area contributed by atoms with E-state index >= 15 is 0 Å². The van der Waals surface area contributed by atoms with Gasteiger partial charge in [0.15, 0.2) is 5.82 Å². The highest BCUT2D eigenvalue weighted by Crippen LogP contribution is 2.27. The van der Waals surface area contributed by atoms with Crippen molar-refractivity contribution in [2.75, 3.05) is 36.8 Å². The van der Waals surface area contributed by atoms with Crippen LogP contribution in [0.3, 0.4) is 0 Å². The minimum Gasteiger partial charge on any atom is -0.382 e. The molecule has 0 amide bonds. The van der Waals surface area contributed by atoms with Gasteiger partial charge in [-0.1, -0.05) is 0 Å². The number of aromatic nitrogens is 2. The number of anilines is 2. The molecule has 1 saturated heterocycles. The summed E-state index contributed by atoms with van der Waals surface area (Å²) in [6.45, 7) is 3.23. The molecule has 0 aliphatic carbocycles. The fourth-order valence-electron chi connectivity index (χ4n) is 2.40.